The zero-order valence-corrected chi connectivity index (χ0v) is 12.4. The number of hydrogen-bond acceptors (Lipinski definition) is 2. The van der Waals surface area contributed by atoms with E-state index in [1.54, 1.807) is 0 Å². The maximum atomic E-state index is 12.5. The Kier molecular flexibility index (Phi) is 5.26. The highest BCUT2D eigenvalue weighted by Crippen LogP contribution is 2.32. The van der Waals surface area contributed by atoms with E-state index < -0.39 is 0 Å². The molecule has 2 fully saturated rings. The van der Waals surface area contributed by atoms with E-state index in [1.807, 2.05) is 0 Å². The second-order valence-corrected chi connectivity index (χ2v) is 6.85. The Morgan fingerprint density at radius 3 is 2.21 bits per heavy atom. The monoisotopic (exact) mass is 266 g/mol. The molecule has 2 aliphatic rings. The van der Waals surface area contributed by atoms with Gasteiger partial charge in [0.2, 0.25) is 5.91 Å². The molecule has 0 spiro atoms. The van der Waals surface area contributed by atoms with Crippen LogP contribution in [0, 0.1) is 5.92 Å². The summed E-state index contributed by atoms with van der Waals surface area (Å²) >= 11 is 0. The summed E-state index contributed by atoms with van der Waals surface area (Å²) in [6.45, 7) is 2.05. The minimum Gasteiger partial charge on any atom is -0.353 e. The summed E-state index contributed by atoms with van der Waals surface area (Å²) in [6, 6.07) is 0.394. The Hall–Kier alpha value is -0.570. The smallest absolute Gasteiger partial charge is 0.225 e. The summed E-state index contributed by atoms with van der Waals surface area (Å²) in [6.07, 6.45) is 13.1. The quantitative estimate of drug-likeness (QED) is 0.807. The molecule has 2 aliphatic carbocycles. The van der Waals surface area contributed by atoms with E-state index in [0.29, 0.717) is 6.04 Å². The maximum Gasteiger partial charge on any atom is 0.225 e. The summed E-state index contributed by atoms with van der Waals surface area (Å²) in [5.74, 6) is 0.238. The van der Waals surface area contributed by atoms with Gasteiger partial charge in [0.1, 0.15) is 0 Å². The molecule has 0 saturated heterocycles. The highest BCUT2D eigenvalue weighted by molar-refractivity contribution is 5.80. The van der Waals surface area contributed by atoms with Crippen LogP contribution in [0.3, 0.4) is 0 Å². The molecule has 3 nitrogen and oxygen atoms in total. The van der Waals surface area contributed by atoms with Crippen molar-refractivity contribution < 1.29 is 4.79 Å². The SMILES string of the molecule is CC1(N)CCCCC1C(=O)NC1CCCCCCC1. The predicted octanol–water partition coefficient (Wildman–Crippen LogP) is 3.12. The van der Waals surface area contributed by atoms with Crippen molar-refractivity contribution in [1.29, 1.82) is 0 Å². The predicted molar refractivity (Wildman–Crippen MR) is 78.8 cm³/mol. The Morgan fingerprint density at radius 1 is 1.00 bits per heavy atom. The minimum atomic E-state index is -0.302. The average molecular weight is 266 g/mol. The molecule has 0 aliphatic heterocycles. The molecule has 2 rings (SSSR count). The lowest BCUT2D eigenvalue weighted by molar-refractivity contribution is -0.129. The second kappa shape index (κ2) is 6.74. The molecule has 2 atom stereocenters. The number of amides is 1. The molecule has 0 bridgehead atoms. The summed E-state index contributed by atoms with van der Waals surface area (Å²) in [5.41, 5.74) is 6.02. The van der Waals surface area contributed by atoms with Gasteiger partial charge in [0.15, 0.2) is 0 Å². The first-order valence-electron chi connectivity index (χ1n) is 8.19. The van der Waals surface area contributed by atoms with Gasteiger partial charge in [0.05, 0.1) is 5.92 Å². The summed E-state index contributed by atoms with van der Waals surface area (Å²) < 4.78 is 0. The van der Waals surface area contributed by atoms with Crippen LogP contribution in [0.5, 0.6) is 0 Å². The zero-order chi connectivity index (χ0) is 13.7. The van der Waals surface area contributed by atoms with E-state index in [2.05, 4.69) is 12.2 Å². The lowest BCUT2D eigenvalue weighted by atomic mass is 9.74. The van der Waals surface area contributed by atoms with Crippen LogP contribution in [0.4, 0.5) is 0 Å². The van der Waals surface area contributed by atoms with Gasteiger partial charge in [-0.25, -0.2) is 0 Å². The van der Waals surface area contributed by atoms with E-state index in [1.165, 1.54) is 38.5 Å². The molecule has 0 aromatic heterocycles. The minimum absolute atomic E-state index is 0.0201. The molecule has 2 saturated carbocycles. The van der Waals surface area contributed by atoms with Crippen LogP contribution >= 0.6 is 0 Å². The van der Waals surface area contributed by atoms with E-state index in [4.69, 9.17) is 5.73 Å². The molecule has 2 unspecified atom stereocenters. The van der Waals surface area contributed by atoms with E-state index in [-0.39, 0.29) is 17.4 Å². The fourth-order valence-corrected chi connectivity index (χ4v) is 3.69. The molecule has 3 N–H and O–H groups in total. The summed E-state index contributed by atoms with van der Waals surface area (Å²) in [4.78, 5) is 12.5. The van der Waals surface area contributed by atoms with Crippen LogP contribution in [0.25, 0.3) is 0 Å². The van der Waals surface area contributed by atoms with Gasteiger partial charge in [-0.1, -0.05) is 44.9 Å². The molecule has 0 radical (unpaired) electrons. The molecule has 0 heterocycles. The van der Waals surface area contributed by atoms with Crippen molar-refractivity contribution in [3.8, 4) is 0 Å². The third kappa shape index (κ3) is 4.20. The van der Waals surface area contributed by atoms with Crippen LogP contribution in [-0.4, -0.2) is 17.5 Å². The van der Waals surface area contributed by atoms with Crippen molar-refractivity contribution in [3.63, 3.8) is 0 Å². The normalized spacial score (nSPS) is 34.3. The fourth-order valence-electron chi connectivity index (χ4n) is 3.69. The number of rotatable bonds is 2. The lowest BCUT2D eigenvalue weighted by Crippen LogP contribution is -2.54. The zero-order valence-electron chi connectivity index (χ0n) is 12.4. The van der Waals surface area contributed by atoms with Crippen LogP contribution in [-0.2, 0) is 4.79 Å². The van der Waals surface area contributed by atoms with Gasteiger partial charge in [-0.3, -0.25) is 4.79 Å². The van der Waals surface area contributed by atoms with Gasteiger partial charge in [-0.2, -0.15) is 0 Å². The molecule has 19 heavy (non-hydrogen) atoms. The Labute approximate surface area is 117 Å². The number of carbonyl (C=O) groups is 1. The van der Waals surface area contributed by atoms with Crippen molar-refractivity contribution >= 4 is 5.91 Å². The first kappa shape index (κ1) is 14.8. The molecule has 110 valence electrons. The maximum absolute atomic E-state index is 12.5. The van der Waals surface area contributed by atoms with Gasteiger partial charge in [-0.15, -0.1) is 0 Å². The third-order valence-electron chi connectivity index (χ3n) is 5.02. The van der Waals surface area contributed by atoms with E-state index in [0.717, 1.165) is 32.1 Å². The molecule has 1 amide bonds. The first-order valence-corrected chi connectivity index (χ1v) is 8.19. The van der Waals surface area contributed by atoms with Crippen LogP contribution in [0.15, 0.2) is 0 Å². The molecular weight excluding hydrogens is 236 g/mol. The van der Waals surface area contributed by atoms with Gasteiger partial charge in [0.25, 0.3) is 0 Å². The van der Waals surface area contributed by atoms with Crippen LogP contribution in [0.2, 0.25) is 0 Å². The van der Waals surface area contributed by atoms with Crippen LogP contribution < -0.4 is 11.1 Å². The van der Waals surface area contributed by atoms with Gasteiger partial charge in [0, 0.05) is 11.6 Å². The van der Waals surface area contributed by atoms with Crippen molar-refractivity contribution in [2.24, 2.45) is 11.7 Å². The Morgan fingerprint density at radius 2 is 1.58 bits per heavy atom. The topological polar surface area (TPSA) is 55.1 Å². The summed E-state index contributed by atoms with van der Waals surface area (Å²) in [5, 5.41) is 3.29. The number of nitrogens with one attached hydrogen (secondary N) is 1. The second-order valence-electron chi connectivity index (χ2n) is 6.85. The van der Waals surface area contributed by atoms with Crippen molar-refractivity contribution in [3.05, 3.63) is 0 Å². The summed E-state index contributed by atoms with van der Waals surface area (Å²) in [7, 11) is 0. The van der Waals surface area contributed by atoms with Gasteiger partial charge >= 0.3 is 0 Å². The van der Waals surface area contributed by atoms with E-state index >= 15 is 0 Å². The Balaban J connectivity index is 1.88. The number of hydrogen-bond donors (Lipinski definition) is 2. The number of carbonyl (C=O) groups excluding carboxylic acids is 1. The standard InChI is InChI=1S/C16H30N2O/c1-16(17)12-8-7-11-14(16)15(19)18-13-9-5-3-2-4-6-10-13/h13-14H,2-12,17H2,1H3,(H,18,19). The molecule has 0 aromatic rings. The highest BCUT2D eigenvalue weighted by Gasteiger charge is 2.38. The van der Waals surface area contributed by atoms with Gasteiger partial charge < -0.3 is 11.1 Å². The van der Waals surface area contributed by atoms with E-state index in [9.17, 15) is 4.79 Å². The Bertz CT molecular complexity index is 293. The van der Waals surface area contributed by atoms with Gasteiger partial charge in [-0.05, 0) is 32.6 Å². The molecule has 0 aromatic carbocycles. The van der Waals surface area contributed by atoms with Crippen LogP contribution in [0.1, 0.15) is 77.6 Å². The number of nitrogens with two attached hydrogens (primary N) is 1. The highest BCUT2D eigenvalue weighted by atomic mass is 16.2. The third-order valence-corrected chi connectivity index (χ3v) is 5.02. The fraction of sp³-hybridized carbons (Fsp3) is 0.938. The largest absolute Gasteiger partial charge is 0.353 e. The lowest BCUT2D eigenvalue weighted by Gasteiger charge is -2.38. The van der Waals surface area contributed by atoms with Crippen molar-refractivity contribution in [2.75, 3.05) is 0 Å². The molecular formula is C16H30N2O. The van der Waals surface area contributed by atoms with Crippen molar-refractivity contribution in [2.45, 2.75) is 89.1 Å². The molecule has 3 heteroatoms. The first-order chi connectivity index (χ1) is 9.09. The van der Waals surface area contributed by atoms with Crippen molar-refractivity contribution in [1.82, 2.24) is 5.32 Å². The average Bonchev–Trinajstić information content (AvgIpc) is 2.31.